The third-order valence-corrected chi connectivity index (χ3v) is 7.26. The Labute approximate surface area is 179 Å². The Morgan fingerprint density at radius 3 is 2.43 bits per heavy atom. The standard InChI is InChI=1S/C29H29N/c1-6-28(2,3)21-15-16-30-26(18-21)20-12-13-23-24-14-11-19-9-7-8-10-22(19)27(24)29(4,5)25(23)17-20/h7-18H,6H2,1-5H3. The molecule has 30 heavy (non-hydrogen) atoms. The number of nitrogens with zero attached hydrogens (tertiary/aromatic N) is 1. The van der Waals surface area contributed by atoms with E-state index in [0.29, 0.717) is 0 Å². The number of rotatable bonds is 3. The largest absolute Gasteiger partial charge is 0.256 e. The van der Waals surface area contributed by atoms with Crippen LogP contribution in [0, 0.1) is 0 Å². The van der Waals surface area contributed by atoms with Crippen molar-refractivity contribution in [2.75, 3.05) is 0 Å². The van der Waals surface area contributed by atoms with E-state index >= 15 is 0 Å². The van der Waals surface area contributed by atoms with Gasteiger partial charge in [0, 0.05) is 17.2 Å². The Hall–Kier alpha value is -2.93. The molecule has 0 spiro atoms. The molecule has 0 fully saturated rings. The topological polar surface area (TPSA) is 12.9 Å². The first-order valence-corrected chi connectivity index (χ1v) is 11.0. The predicted octanol–water partition coefficient (Wildman–Crippen LogP) is 7.90. The molecule has 5 rings (SSSR count). The Morgan fingerprint density at radius 2 is 1.63 bits per heavy atom. The summed E-state index contributed by atoms with van der Waals surface area (Å²) < 4.78 is 0. The van der Waals surface area contributed by atoms with Gasteiger partial charge in [-0.05, 0) is 68.6 Å². The zero-order valence-corrected chi connectivity index (χ0v) is 18.6. The summed E-state index contributed by atoms with van der Waals surface area (Å²) in [7, 11) is 0. The predicted molar refractivity (Wildman–Crippen MR) is 128 cm³/mol. The molecule has 1 aliphatic rings. The molecule has 0 radical (unpaired) electrons. The lowest BCUT2D eigenvalue weighted by Gasteiger charge is -2.24. The van der Waals surface area contributed by atoms with Crippen LogP contribution in [0.4, 0.5) is 0 Å². The maximum atomic E-state index is 4.73. The van der Waals surface area contributed by atoms with Gasteiger partial charge in [0.05, 0.1) is 5.69 Å². The van der Waals surface area contributed by atoms with Gasteiger partial charge in [-0.3, -0.25) is 4.98 Å². The minimum Gasteiger partial charge on any atom is -0.256 e. The van der Waals surface area contributed by atoms with E-state index in [1.54, 1.807) is 0 Å². The van der Waals surface area contributed by atoms with Crippen molar-refractivity contribution in [1.29, 1.82) is 0 Å². The number of fused-ring (bicyclic) bond motifs is 5. The Bertz CT molecular complexity index is 1280. The molecule has 150 valence electrons. The van der Waals surface area contributed by atoms with Crippen molar-refractivity contribution >= 4 is 10.8 Å². The molecule has 1 aromatic heterocycles. The molecule has 1 heteroatoms. The quantitative estimate of drug-likeness (QED) is 0.346. The molecule has 0 unspecified atom stereocenters. The van der Waals surface area contributed by atoms with E-state index in [1.807, 2.05) is 6.20 Å². The van der Waals surface area contributed by atoms with Crippen molar-refractivity contribution in [3.05, 3.63) is 89.6 Å². The van der Waals surface area contributed by atoms with Crippen molar-refractivity contribution < 1.29 is 0 Å². The van der Waals surface area contributed by atoms with Crippen LogP contribution in [0.3, 0.4) is 0 Å². The minimum atomic E-state index is -0.0398. The molecule has 0 bridgehead atoms. The zero-order valence-electron chi connectivity index (χ0n) is 18.6. The van der Waals surface area contributed by atoms with Crippen LogP contribution in [0.1, 0.15) is 57.7 Å². The first kappa shape index (κ1) is 19.1. The molecule has 0 amide bonds. The number of hydrogen-bond acceptors (Lipinski definition) is 1. The summed E-state index contributed by atoms with van der Waals surface area (Å²) in [4.78, 5) is 4.73. The molecule has 0 aliphatic heterocycles. The summed E-state index contributed by atoms with van der Waals surface area (Å²) in [6, 6.07) is 24.6. The molecular weight excluding hydrogens is 362 g/mol. The van der Waals surface area contributed by atoms with Gasteiger partial charge in [0.25, 0.3) is 0 Å². The molecule has 4 aromatic rings. The summed E-state index contributed by atoms with van der Waals surface area (Å²) in [5.74, 6) is 0. The average Bonchev–Trinajstić information content (AvgIpc) is 3.00. The second-order valence-corrected chi connectivity index (χ2v) is 9.76. The van der Waals surface area contributed by atoms with Crippen LogP contribution in [0.25, 0.3) is 33.2 Å². The van der Waals surface area contributed by atoms with Crippen molar-refractivity contribution in [2.24, 2.45) is 0 Å². The Balaban J connectivity index is 1.67. The van der Waals surface area contributed by atoms with E-state index in [0.717, 1.165) is 12.1 Å². The summed E-state index contributed by atoms with van der Waals surface area (Å²) in [5, 5.41) is 2.68. The number of aromatic nitrogens is 1. The molecule has 3 aromatic carbocycles. The smallest absolute Gasteiger partial charge is 0.0705 e. The first-order chi connectivity index (χ1) is 14.3. The Kier molecular flexibility index (Phi) is 4.15. The highest BCUT2D eigenvalue weighted by atomic mass is 14.7. The van der Waals surface area contributed by atoms with Gasteiger partial charge in [0.2, 0.25) is 0 Å². The lowest BCUT2D eigenvalue weighted by Crippen LogP contribution is -2.16. The van der Waals surface area contributed by atoms with Gasteiger partial charge in [-0.2, -0.15) is 0 Å². The van der Waals surface area contributed by atoms with Crippen LogP contribution < -0.4 is 0 Å². The first-order valence-electron chi connectivity index (χ1n) is 11.0. The minimum absolute atomic E-state index is 0.0398. The van der Waals surface area contributed by atoms with E-state index in [9.17, 15) is 0 Å². The second-order valence-electron chi connectivity index (χ2n) is 9.76. The van der Waals surface area contributed by atoms with E-state index in [-0.39, 0.29) is 10.8 Å². The fraction of sp³-hybridized carbons (Fsp3) is 0.276. The highest BCUT2D eigenvalue weighted by Gasteiger charge is 2.37. The molecule has 1 heterocycles. The summed E-state index contributed by atoms with van der Waals surface area (Å²) >= 11 is 0. The summed E-state index contributed by atoms with van der Waals surface area (Å²) in [6.45, 7) is 11.6. The average molecular weight is 392 g/mol. The summed E-state index contributed by atoms with van der Waals surface area (Å²) in [5.41, 5.74) is 9.30. The molecule has 0 saturated heterocycles. The zero-order chi connectivity index (χ0) is 21.1. The maximum Gasteiger partial charge on any atom is 0.0705 e. The van der Waals surface area contributed by atoms with Crippen LogP contribution in [0.15, 0.2) is 72.9 Å². The number of pyridine rings is 1. The SMILES string of the molecule is CCC(C)(C)c1ccnc(-c2ccc3c(c2)C(C)(C)c2c-3ccc3ccccc23)c1. The van der Waals surface area contributed by atoms with E-state index in [1.165, 1.54) is 44.2 Å². The van der Waals surface area contributed by atoms with Gasteiger partial charge in [-0.15, -0.1) is 0 Å². The molecule has 0 saturated carbocycles. The van der Waals surface area contributed by atoms with Gasteiger partial charge in [-0.1, -0.05) is 83.1 Å². The maximum absolute atomic E-state index is 4.73. The Morgan fingerprint density at radius 1 is 0.867 bits per heavy atom. The van der Waals surface area contributed by atoms with E-state index in [2.05, 4.69) is 101 Å². The summed E-state index contributed by atoms with van der Waals surface area (Å²) in [6.07, 6.45) is 3.07. The van der Waals surface area contributed by atoms with Crippen molar-refractivity contribution in [3.8, 4) is 22.4 Å². The van der Waals surface area contributed by atoms with Crippen LogP contribution in [-0.2, 0) is 10.8 Å². The molecule has 0 N–H and O–H groups in total. The van der Waals surface area contributed by atoms with Crippen LogP contribution in [0.5, 0.6) is 0 Å². The lowest BCUT2D eigenvalue weighted by atomic mass is 9.79. The van der Waals surface area contributed by atoms with Crippen LogP contribution in [-0.4, -0.2) is 4.98 Å². The lowest BCUT2D eigenvalue weighted by molar-refractivity contribution is 0.506. The molecule has 0 atom stereocenters. The third kappa shape index (κ3) is 2.72. The fourth-order valence-electron chi connectivity index (χ4n) is 4.97. The third-order valence-electron chi connectivity index (χ3n) is 7.26. The monoisotopic (exact) mass is 391 g/mol. The van der Waals surface area contributed by atoms with Gasteiger partial charge >= 0.3 is 0 Å². The van der Waals surface area contributed by atoms with Crippen molar-refractivity contribution in [2.45, 2.75) is 51.9 Å². The molecule has 1 aliphatic carbocycles. The van der Waals surface area contributed by atoms with E-state index in [4.69, 9.17) is 4.98 Å². The molecule has 1 nitrogen and oxygen atoms in total. The van der Waals surface area contributed by atoms with Crippen LogP contribution in [0.2, 0.25) is 0 Å². The van der Waals surface area contributed by atoms with E-state index < -0.39 is 0 Å². The number of benzene rings is 3. The van der Waals surface area contributed by atoms with Crippen molar-refractivity contribution in [1.82, 2.24) is 4.98 Å². The van der Waals surface area contributed by atoms with Crippen molar-refractivity contribution in [3.63, 3.8) is 0 Å². The van der Waals surface area contributed by atoms with Gasteiger partial charge < -0.3 is 0 Å². The van der Waals surface area contributed by atoms with Gasteiger partial charge in [0.1, 0.15) is 0 Å². The highest BCUT2D eigenvalue weighted by molar-refractivity contribution is 5.97. The number of hydrogen-bond donors (Lipinski definition) is 0. The second kappa shape index (κ2) is 6.54. The molecular formula is C29H29N. The fourth-order valence-corrected chi connectivity index (χ4v) is 4.97. The normalized spacial score (nSPS) is 14.6. The highest BCUT2D eigenvalue weighted by Crippen LogP contribution is 2.52. The van der Waals surface area contributed by atoms with Crippen LogP contribution >= 0.6 is 0 Å². The van der Waals surface area contributed by atoms with Gasteiger partial charge in [0.15, 0.2) is 0 Å². The van der Waals surface area contributed by atoms with Gasteiger partial charge in [-0.25, -0.2) is 0 Å².